The molecule has 0 saturated heterocycles. The lowest BCUT2D eigenvalue weighted by Gasteiger charge is -2.07. The van der Waals surface area contributed by atoms with E-state index in [9.17, 15) is 14.4 Å². The second-order valence-corrected chi connectivity index (χ2v) is 4.11. The molecule has 0 saturated carbocycles. The summed E-state index contributed by atoms with van der Waals surface area (Å²) in [4.78, 5) is 35.1. The number of ether oxygens (including phenoxy) is 1. The molecule has 1 N–H and O–H groups in total. The summed E-state index contributed by atoms with van der Waals surface area (Å²) in [6.07, 6.45) is 1.92. The van der Waals surface area contributed by atoms with Crippen LogP contribution in [-0.2, 0) is 18.8 Å². The molecule has 0 aromatic carbocycles. The molecule has 0 radical (unpaired) electrons. The first-order valence-corrected chi connectivity index (χ1v) is 6.11. The Balaban J connectivity index is 2.73. The minimum Gasteiger partial charge on any atom is -0.382 e. The SMILES string of the molecule is CCOCCCNC(=O)c1cn(C)c(=O)n(C)c1=O. The molecule has 106 valence electrons. The van der Waals surface area contributed by atoms with E-state index in [-0.39, 0.29) is 5.56 Å². The highest BCUT2D eigenvalue weighted by molar-refractivity contribution is 5.93. The van der Waals surface area contributed by atoms with E-state index < -0.39 is 17.2 Å². The summed E-state index contributed by atoms with van der Waals surface area (Å²) in [6, 6.07) is 0. The average molecular weight is 269 g/mol. The Bertz CT molecular complexity index is 559. The molecule has 0 aliphatic heterocycles. The maximum Gasteiger partial charge on any atom is 0.330 e. The Hall–Kier alpha value is -1.89. The maximum absolute atomic E-state index is 11.8. The summed E-state index contributed by atoms with van der Waals surface area (Å²) in [5.41, 5.74) is -1.09. The topological polar surface area (TPSA) is 82.3 Å². The average Bonchev–Trinajstić information content (AvgIpc) is 2.40. The van der Waals surface area contributed by atoms with Gasteiger partial charge in [-0.05, 0) is 13.3 Å². The van der Waals surface area contributed by atoms with Crippen molar-refractivity contribution in [3.8, 4) is 0 Å². The Labute approximate surface area is 110 Å². The standard InChI is InChI=1S/C12H19N3O4/c1-4-19-7-5-6-13-10(16)9-8-14(2)12(18)15(3)11(9)17/h8H,4-7H2,1-3H3,(H,13,16). The fourth-order valence-corrected chi connectivity index (χ4v) is 1.58. The fraction of sp³-hybridized carbons (Fsp3) is 0.583. The Morgan fingerprint density at radius 3 is 2.68 bits per heavy atom. The van der Waals surface area contributed by atoms with Gasteiger partial charge >= 0.3 is 5.69 Å². The van der Waals surface area contributed by atoms with Gasteiger partial charge in [0.2, 0.25) is 0 Å². The summed E-state index contributed by atoms with van der Waals surface area (Å²) in [5, 5.41) is 2.62. The molecule has 19 heavy (non-hydrogen) atoms. The molecule has 0 fully saturated rings. The van der Waals surface area contributed by atoms with Crippen LogP contribution in [0.5, 0.6) is 0 Å². The number of hydrogen-bond acceptors (Lipinski definition) is 4. The monoisotopic (exact) mass is 269 g/mol. The Kier molecular flexibility index (Phi) is 5.50. The molecule has 1 aromatic rings. The van der Waals surface area contributed by atoms with Crippen LogP contribution >= 0.6 is 0 Å². The van der Waals surface area contributed by atoms with Crippen LogP contribution < -0.4 is 16.6 Å². The highest BCUT2D eigenvalue weighted by Gasteiger charge is 2.13. The molecule has 1 rings (SSSR count). The van der Waals surface area contributed by atoms with Crippen LogP contribution in [0, 0.1) is 0 Å². The lowest BCUT2D eigenvalue weighted by atomic mass is 10.3. The third-order valence-corrected chi connectivity index (χ3v) is 2.65. The van der Waals surface area contributed by atoms with Crippen LogP contribution in [0.3, 0.4) is 0 Å². The molecule has 7 nitrogen and oxygen atoms in total. The van der Waals surface area contributed by atoms with E-state index >= 15 is 0 Å². The van der Waals surface area contributed by atoms with E-state index in [1.807, 2.05) is 6.92 Å². The van der Waals surface area contributed by atoms with E-state index in [0.717, 1.165) is 4.57 Å². The number of aromatic nitrogens is 2. The summed E-state index contributed by atoms with van der Waals surface area (Å²) >= 11 is 0. The van der Waals surface area contributed by atoms with Crippen LogP contribution in [0.25, 0.3) is 0 Å². The number of carbonyl (C=O) groups is 1. The molecule has 7 heteroatoms. The van der Waals surface area contributed by atoms with Crippen LogP contribution in [0.2, 0.25) is 0 Å². The van der Waals surface area contributed by atoms with Gasteiger partial charge in [-0.25, -0.2) is 4.79 Å². The molecule has 1 amide bonds. The second-order valence-electron chi connectivity index (χ2n) is 4.11. The molecule has 0 aliphatic rings. The van der Waals surface area contributed by atoms with Gasteiger partial charge in [0, 0.05) is 40.1 Å². The zero-order valence-corrected chi connectivity index (χ0v) is 11.4. The van der Waals surface area contributed by atoms with Crippen LogP contribution in [-0.4, -0.2) is 34.8 Å². The molecule has 0 unspecified atom stereocenters. The van der Waals surface area contributed by atoms with Gasteiger partial charge in [0.25, 0.3) is 11.5 Å². The molecule has 1 heterocycles. The highest BCUT2D eigenvalue weighted by atomic mass is 16.5. The van der Waals surface area contributed by atoms with Crippen molar-refractivity contribution in [1.82, 2.24) is 14.5 Å². The van der Waals surface area contributed by atoms with E-state index in [1.165, 1.54) is 24.9 Å². The number of nitrogens with one attached hydrogen (secondary N) is 1. The zero-order chi connectivity index (χ0) is 14.4. The first-order chi connectivity index (χ1) is 8.99. The minimum atomic E-state index is -0.592. The van der Waals surface area contributed by atoms with Gasteiger partial charge in [-0.2, -0.15) is 0 Å². The maximum atomic E-state index is 11.8. The van der Waals surface area contributed by atoms with E-state index in [0.29, 0.717) is 26.2 Å². The zero-order valence-electron chi connectivity index (χ0n) is 11.4. The van der Waals surface area contributed by atoms with E-state index in [2.05, 4.69) is 5.32 Å². The van der Waals surface area contributed by atoms with Gasteiger partial charge in [-0.3, -0.25) is 14.2 Å². The van der Waals surface area contributed by atoms with Gasteiger partial charge in [-0.15, -0.1) is 0 Å². The molecular weight excluding hydrogens is 250 g/mol. The number of aryl methyl sites for hydroxylation is 1. The van der Waals surface area contributed by atoms with Crippen molar-refractivity contribution in [2.45, 2.75) is 13.3 Å². The summed E-state index contributed by atoms with van der Waals surface area (Å²) in [5.74, 6) is -0.479. The summed E-state index contributed by atoms with van der Waals surface area (Å²) < 4.78 is 7.25. The molecule has 1 aromatic heterocycles. The first kappa shape index (κ1) is 15.2. The molecule has 0 bridgehead atoms. The number of rotatable bonds is 6. The minimum absolute atomic E-state index is 0.0407. The van der Waals surface area contributed by atoms with Gasteiger partial charge in [0.15, 0.2) is 0 Å². The third kappa shape index (κ3) is 3.78. The van der Waals surface area contributed by atoms with Crippen molar-refractivity contribution in [1.29, 1.82) is 0 Å². The predicted octanol–water partition coefficient (Wildman–Crippen LogP) is -0.760. The molecule has 0 aliphatic carbocycles. The number of hydrogen-bond donors (Lipinski definition) is 1. The van der Waals surface area contributed by atoms with Crippen molar-refractivity contribution in [2.24, 2.45) is 14.1 Å². The fourth-order valence-electron chi connectivity index (χ4n) is 1.58. The van der Waals surface area contributed by atoms with Crippen LogP contribution in [0.4, 0.5) is 0 Å². The summed E-state index contributed by atoms with van der Waals surface area (Å²) in [6.45, 7) is 3.51. The summed E-state index contributed by atoms with van der Waals surface area (Å²) in [7, 11) is 2.84. The van der Waals surface area contributed by atoms with Gasteiger partial charge in [-0.1, -0.05) is 0 Å². The van der Waals surface area contributed by atoms with Crippen molar-refractivity contribution in [3.63, 3.8) is 0 Å². The van der Waals surface area contributed by atoms with Gasteiger partial charge < -0.3 is 14.6 Å². The molecule has 0 spiro atoms. The van der Waals surface area contributed by atoms with E-state index in [1.54, 1.807) is 0 Å². The number of carbonyl (C=O) groups excluding carboxylic acids is 1. The van der Waals surface area contributed by atoms with Gasteiger partial charge in [0.1, 0.15) is 5.56 Å². The van der Waals surface area contributed by atoms with Crippen molar-refractivity contribution in [2.75, 3.05) is 19.8 Å². The Morgan fingerprint density at radius 1 is 1.37 bits per heavy atom. The largest absolute Gasteiger partial charge is 0.382 e. The number of amides is 1. The second kappa shape index (κ2) is 6.89. The third-order valence-electron chi connectivity index (χ3n) is 2.65. The smallest absolute Gasteiger partial charge is 0.330 e. The first-order valence-electron chi connectivity index (χ1n) is 6.11. The van der Waals surface area contributed by atoms with Crippen LogP contribution in [0.1, 0.15) is 23.7 Å². The van der Waals surface area contributed by atoms with Crippen molar-refractivity contribution in [3.05, 3.63) is 32.6 Å². The normalized spacial score (nSPS) is 10.5. The van der Waals surface area contributed by atoms with E-state index in [4.69, 9.17) is 4.74 Å². The predicted molar refractivity (Wildman–Crippen MR) is 70.4 cm³/mol. The lowest BCUT2D eigenvalue weighted by Crippen LogP contribution is -2.42. The quantitative estimate of drug-likeness (QED) is 0.688. The number of nitrogens with zero attached hydrogens (tertiary/aromatic N) is 2. The van der Waals surface area contributed by atoms with Crippen molar-refractivity contribution < 1.29 is 9.53 Å². The Morgan fingerprint density at radius 2 is 2.05 bits per heavy atom. The molecule has 0 atom stereocenters. The van der Waals surface area contributed by atoms with Crippen LogP contribution in [0.15, 0.2) is 15.8 Å². The highest BCUT2D eigenvalue weighted by Crippen LogP contribution is 1.89. The van der Waals surface area contributed by atoms with Crippen molar-refractivity contribution >= 4 is 5.91 Å². The lowest BCUT2D eigenvalue weighted by molar-refractivity contribution is 0.0941. The molecular formula is C12H19N3O4. The van der Waals surface area contributed by atoms with Gasteiger partial charge in [0.05, 0.1) is 0 Å².